The summed E-state index contributed by atoms with van der Waals surface area (Å²) in [6.45, 7) is 2.19. The Morgan fingerprint density at radius 2 is 1.50 bits per heavy atom. The van der Waals surface area contributed by atoms with Crippen molar-refractivity contribution in [2.45, 2.75) is 18.4 Å². The zero-order valence-corrected chi connectivity index (χ0v) is 16.5. The van der Waals surface area contributed by atoms with Crippen molar-refractivity contribution in [1.82, 2.24) is 9.80 Å². The quantitative estimate of drug-likeness (QED) is 0.780. The fourth-order valence-electron chi connectivity index (χ4n) is 4.27. The maximum Gasteiger partial charge on any atom is 0.267 e. The molecule has 30 heavy (non-hydrogen) atoms. The normalized spacial score (nSPS) is 25.0. The summed E-state index contributed by atoms with van der Waals surface area (Å²) in [6.07, 6.45) is 0.143. The molecule has 1 aliphatic carbocycles. The lowest BCUT2D eigenvalue weighted by molar-refractivity contribution is -0.146. The molecular weight excluding hydrogens is 387 g/mol. The van der Waals surface area contributed by atoms with Gasteiger partial charge >= 0.3 is 0 Å². The first-order valence-electron chi connectivity index (χ1n) is 10.3. The van der Waals surface area contributed by atoms with Gasteiger partial charge < -0.3 is 19.3 Å². The second-order valence-corrected chi connectivity index (χ2v) is 8.02. The van der Waals surface area contributed by atoms with Crippen molar-refractivity contribution >= 4 is 11.8 Å². The molecule has 3 atom stereocenters. The predicted octanol–water partition coefficient (Wildman–Crippen LogP) is 2.44. The molecule has 2 aliphatic heterocycles. The predicted molar refractivity (Wildman–Crippen MR) is 107 cm³/mol. The van der Waals surface area contributed by atoms with Crippen molar-refractivity contribution in [3.05, 3.63) is 59.9 Å². The van der Waals surface area contributed by atoms with Crippen LogP contribution in [-0.4, -0.2) is 60.5 Å². The zero-order chi connectivity index (χ0) is 20.7. The first-order chi connectivity index (χ1) is 14.6. The number of hydrogen-bond donors (Lipinski definition) is 0. The lowest BCUT2D eigenvalue weighted by Gasteiger charge is -2.37. The number of ether oxygens (including phenoxy) is 2. The van der Waals surface area contributed by atoms with Gasteiger partial charge in [0.15, 0.2) is 11.5 Å². The molecule has 2 amide bonds. The third-order valence-corrected chi connectivity index (χ3v) is 6.09. The lowest BCUT2D eigenvalue weighted by Crippen LogP contribution is -2.55. The van der Waals surface area contributed by atoms with E-state index in [1.165, 1.54) is 12.1 Å². The first kappa shape index (κ1) is 18.9. The summed E-state index contributed by atoms with van der Waals surface area (Å²) in [5, 5.41) is 0. The van der Waals surface area contributed by atoms with Crippen molar-refractivity contribution in [1.29, 1.82) is 0 Å². The molecule has 0 aromatic heterocycles. The first-order valence-corrected chi connectivity index (χ1v) is 10.3. The number of rotatable bonds is 3. The van der Waals surface area contributed by atoms with Gasteiger partial charge in [-0.05, 0) is 42.2 Å². The molecule has 2 fully saturated rings. The van der Waals surface area contributed by atoms with E-state index >= 15 is 0 Å². The number of fused-ring (bicyclic) bond motifs is 1. The highest BCUT2D eigenvalue weighted by atomic mass is 19.1. The molecule has 2 heterocycles. The van der Waals surface area contributed by atoms with Gasteiger partial charge in [-0.2, -0.15) is 0 Å². The fourth-order valence-corrected chi connectivity index (χ4v) is 4.27. The van der Waals surface area contributed by atoms with Gasteiger partial charge in [0.2, 0.25) is 12.0 Å². The topological polar surface area (TPSA) is 59.1 Å². The number of piperazine rings is 1. The molecule has 0 unspecified atom stereocenters. The van der Waals surface area contributed by atoms with Crippen LogP contribution in [-0.2, 0) is 9.59 Å². The van der Waals surface area contributed by atoms with Crippen LogP contribution in [0.1, 0.15) is 17.9 Å². The molecule has 2 aromatic carbocycles. The number of benzene rings is 2. The molecule has 0 spiro atoms. The maximum atomic E-state index is 13.1. The summed E-state index contributed by atoms with van der Waals surface area (Å²) in [5.74, 6) is 1.12. The largest absolute Gasteiger partial charge is 0.485 e. The van der Waals surface area contributed by atoms with Crippen LogP contribution in [0.2, 0.25) is 0 Å². The second-order valence-electron chi connectivity index (χ2n) is 8.02. The molecule has 0 radical (unpaired) electrons. The summed E-state index contributed by atoms with van der Waals surface area (Å²) >= 11 is 0. The number of para-hydroxylation sites is 2. The molecule has 1 saturated heterocycles. The van der Waals surface area contributed by atoms with E-state index in [-0.39, 0.29) is 36.1 Å². The third kappa shape index (κ3) is 3.60. The minimum absolute atomic E-state index is 0.0377. The Hall–Kier alpha value is -3.09. The summed E-state index contributed by atoms with van der Waals surface area (Å²) in [6, 6.07) is 13.7. The van der Waals surface area contributed by atoms with E-state index < -0.39 is 6.10 Å². The summed E-state index contributed by atoms with van der Waals surface area (Å²) in [7, 11) is 0. The van der Waals surface area contributed by atoms with Gasteiger partial charge in [-0.3, -0.25) is 9.59 Å². The number of carbonyl (C=O) groups is 2. The summed E-state index contributed by atoms with van der Waals surface area (Å²) in [5.41, 5.74) is 1.01. The monoisotopic (exact) mass is 410 g/mol. The van der Waals surface area contributed by atoms with Crippen molar-refractivity contribution in [2.75, 3.05) is 32.8 Å². The number of halogens is 1. The van der Waals surface area contributed by atoms with Gasteiger partial charge in [-0.15, -0.1) is 0 Å². The van der Waals surface area contributed by atoms with E-state index in [1.54, 1.807) is 23.1 Å². The van der Waals surface area contributed by atoms with E-state index in [0.29, 0.717) is 37.7 Å². The molecule has 2 aromatic rings. The highest BCUT2D eigenvalue weighted by Gasteiger charge is 2.46. The van der Waals surface area contributed by atoms with E-state index in [9.17, 15) is 14.0 Å². The summed E-state index contributed by atoms with van der Waals surface area (Å²) in [4.78, 5) is 29.3. The maximum absolute atomic E-state index is 13.1. The second kappa shape index (κ2) is 7.63. The van der Waals surface area contributed by atoms with Gasteiger partial charge in [0.25, 0.3) is 5.91 Å². The van der Waals surface area contributed by atoms with Crippen molar-refractivity contribution < 1.29 is 23.5 Å². The lowest BCUT2D eigenvalue weighted by atomic mass is 10.1. The molecule has 0 bridgehead atoms. The molecule has 7 heteroatoms. The smallest absolute Gasteiger partial charge is 0.267 e. The minimum Gasteiger partial charge on any atom is -0.485 e. The average molecular weight is 410 g/mol. The Labute approximate surface area is 174 Å². The Balaban J connectivity index is 1.14. The highest BCUT2D eigenvalue weighted by Crippen LogP contribution is 2.48. The van der Waals surface area contributed by atoms with Crippen LogP contribution in [0.5, 0.6) is 11.5 Å². The Kier molecular flexibility index (Phi) is 4.81. The Bertz CT molecular complexity index is 956. The van der Waals surface area contributed by atoms with Crippen LogP contribution in [0.15, 0.2) is 48.5 Å². The minimum atomic E-state index is -0.659. The number of amides is 2. The molecular formula is C23H23FN2O4. The number of hydrogen-bond acceptors (Lipinski definition) is 4. The molecule has 0 N–H and O–H groups in total. The molecule has 1 saturated carbocycles. The third-order valence-electron chi connectivity index (χ3n) is 6.09. The molecule has 5 rings (SSSR count). The van der Waals surface area contributed by atoms with Crippen molar-refractivity contribution in [3.63, 3.8) is 0 Å². The van der Waals surface area contributed by atoms with E-state index in [1.807, 2.05) is 23.1 Å². The Morgan fingerprint density at radius 1 is 0.867 bits per heavy atom. The Morgan fingerprint density at radius 3 is 2.20 bits per heavy atom. The van der Waals surface area contributed by atoms with Gasteiger partial charge in [0.05, 0.1) is 0 Å². The van der Waals surface area contributed by atoms with Gasteiger partial charge in [-0.1, -0.05) is 24.3 Å². The highest BCUT2D eigenvalue weighted by molar-refractivity contribution is 5.84. The standard InChI is InChI=1S/C23H23FN2O4/c24-16-7-5-15(6-8-16)17-13-18(17)22(27)25-9-11-26(12-10-25)23(28)21-14-29-19-3-1-2-4-20(19)30-21/h1-8,17-18,21H,9-14H2/t17-,18+,21+/m1/s1. The fraction of sp³-hybridized carbons (Fsp3) is 0.391. The zero-order valence-electron chi connectivity index (χ0n) is 16.5. The van der Waals surface area contributed by atoms with Crippen LogP contribution < -0.4 is 9.47 Å². The van der Waals surface area contributed by atoms with Gasteiger partial charge in [0, 0.05) is 32.1 Å². The SMILES string of the molecule is O=C([C@@H]1COc2ccccc2O1)N1CCN(C(=O)[C@H]2C[C@@H]2c2ccc(F)cc2)CC1. The molecule has 3 aliphatic rings. The van der Waals surface area contributed by atoms with Crippen LogP contribution in [0, 0.1) is 11.7 Å². The van der Waals surface area contributed by atoms with E-state index in [0.717, 1.165) is 12.0 Å². The van der Waals surface area contributed by atoms with Crippen LogP contribution >= 0.6 is 0 Å². The van der Waals surface area contributed by atoms with Crippen LogP contribution in [0.4, 0.5) is 4.39 Å². The molecule has 156 valence electrons. The van der Waals surface area contributed by atoms with Crippen LogP contribution in [0.25, 0.3) is 0 Å². The number of nitrogens with zero attached hydrogens (tertiary/aromatic N) is 2. The average Bonchev–Trinajstić information content (AvgIpc) is 3.59. The van der Waals surface area contributed by atoms with Crippen molar-refractivity contribution in [2.24, 2.45) is 5.92 Å². The van der Waals surface area contributed by atoms with E-state index in [4.69, 9.17) is 9.47 Å². The summed E-state index contributed by atoms with van der Waals surface area (Å²) < 4.78 is 24.6. The number of carbonyl (C=O) groups excluding carboxylic acids is 2. The van der Waals surface area contributed by atoms with Gasteiger partial charge in [0.1, 0.15) is 12.4 Å². The van der Waals surface area contributed by atoms with Gasteiger partial charge in [-0.25, -0.2) is 4.39 Å². The van der Waals surface area contributed by atoms with E-state index in [2.05, 4.69) is 0 Å². The molecule has 6 nitrogen and oxygen atoms in total. The van der Waals surface area contributed by atoms with Crippen LogP contribution in [0.3, 0.4) is 0 Å². The van der Waals surface area contributed by atoms with Crippen molar-refractivity contribution in [3.8, 4) is 11.5 Å².